The molecular weight excluding hydrogens is 143 g/mol. The molecule has 0 spiro atoms. The second-order valence-electron chi connectivity index (χ2n) is 3.29. The predicted octanol–water partition coefficient (Wildman–Crippen LogP) is 2.06. The second-order valence-corrected chi connectivity index (χ2v) is 3.29. The average molecular weight is 158 g/mol. The third kappa shape index (κ3) is 2.29. The largest absolute Gasteiger partial charge is 0.390 e. The first-order valence-corrected chi connectivity index (χ1v) is 4.17. The van der Waals surface area contributed by atoms with Crippen molar-refractivity contribution in [2.75, 3.05) is 0 Å². The van der Waals surface area contributed by atoms with Gasteiger partial charge in [0.15, 0.2) is 0 Å². The molecule has 1 fully saturated rings. The summed E-state index contributed by atoms with van der Waals surface area (Å²) in [5, 5.41) is 9.06. The summed E-state index contributed by atoms with van der Waals surface area (Å²) in [7, 11) is 0. The zero-order valence-electron chi connectivity index (χ0n) is 6.67. The van der Waals surface area contributed by atoms with Gasteiger partial charge in [0.2, 0.25) is 0 Å². The van der Waals surface area contributed by atoms with E-state index < -0.39 is 12.3 Å². The summed E-state index contributed by atoms with van der Waals surface area (Å²) in [6.07, 6.45) is 3.05. The van der Waals surface area contributed by atoms with Gasteiger partial charge in [-0.1, -0.05) is 6.08 Å². The van der Waals surface area contributed by atoms with Crippen molar-refractivity contribution in [3.63, 3.8) is 0 Å². The Balaban J connectivity index is 2.33. The number of halogens is 1. The molecule has 0 aromatic heterocycles. The third-order valence-electron chi connectivity index (χ3n) is 2.35. The predicted molar refractivity (Wildman–Crippen MR) is 43.1 cm³/mol. The smallest absolute Gasteiger partial charge is 0.126 e. The van der Waals surface area contributed by atoms with Crippen LogP contribution in [-0.4, -0.2) is 17.4 Å². The van der Waals surface area contributed by atoms with E-state index in [4.69, 9.17) is 5.11 Å². The van der Waals surface area contributed by atoms with Crippen LogP contribution in [0.1, 0.15) is 25.7 Å². The van der Waals surface area contributed by atoms with Crippen LogP contribution >= 0.6 is 0 Å². The van der Waals surface area contributed by atoms with Crippen molar-refractivity contribution >= 4 is 0 Å². The van der Waals surface area contributed by atoms with Gasteiger partial charge >= 0.3 is 0 Å². The molecule has 3 atom stereocenters. The zero-order valence-corrected chi connectivity index (χ0v) is 6.67. The van der Waals surface area contributed by atoms with E-state index in [2.05, 4.69) is 6.58 Å². The SMILES string of the molecule is C=CCC1CCC(O)C(F)C1. The van der Waals surface area contributed by atoms with Gasteiger partial charge in [0.25, 0.3) is 0 Å². The monoisotopic (exact) mass is 158 g/mol. The number of rotatable bonds is 2. The molecule has 1 N–H and O–H groups in total. The van der Waals surface area contributed by atoms with Crippen LogP contribution in [0.5, 0.6) is 0 Å². The van der Waals surface area contributed by atoms with Crippen LogP contribution in [0.2, 0.25) is 0 Å². The fourth-order valence-electron chi connectivity index (χ4n) is 1.63. The van der Waals surface area contributed by atoms with Crippen LogP contribution < -0.4 is 0 Å². The maximum absolute atomic E-state index is 12.9. The highest BCUT2D eigenvalue weighted by molar-refractivity contribution is 4.83. The lowest BCUT2D eigenvalue weighted by atomic mass is 9.84. The van der Waals surface area contributed by atoms with Crippen LogP contribution in [0.25, 0.3) is 0 Å². The number of hydrogen-bond donors (Lipinski definition) is 1. The van der Waals surface area contributed by atoms with Crippen LogP contribution in [0.15, 0.2) is 12.7 Å². The van der Waals surface area contributed by atoms with Crippen molar-refractivity contribution in [2.24, 2.45) is 5.92 Å². The number of allylic oxidation sites excluding steroid dienone is 1. The lowest BCUT2D eigenvalue weighted by Gasteiger charge is -2.27. The minimum Gasteiger partial charge on any atom is -0.390 e. The van der Waals surface area contributed by atoms with E-state index in [9.17, 15) is 4.39 Å². The summed E-state index contributed by atoms with van der Waals surface area (Å²) >= 11 is 0. The fraction of sp³-hybridized carbons (Fsp3) is 0.778. The molecule has 11 heavy (non-hydrogen) atoms. The molecule has 0 aromatic carbocycles. The fourth-order valence-corrected chi connectivity index (χ4v) is 1.63. The van der Waals surface area contributed by atoms with E-state index in [1.165, 1.54) is 0 Å². The van der Waals surface area contributed by atoms with E-state index in [1.54, 1.807) is 0 Å². The van der Waals surface area contributed by atoms with Gasteiger partial charge in [0.05, 0.1) is 6.10 Å². The molecule has 1 nitrogen and oxygen atoms in total. The second kappa shape index (κ2) is 3.86. The van der Waals surface area contributed by atoms with E-state index in [-0.39, 0.29) is 0 Å². The molecular formula is C9H15FO. The first-order chi connectivity index (χ1) is 5.24. The normalized spacial score (nSPS) is 38.5. The van der Waals surface area contributed by atoms with Gasteiger partial charge in [-0.05, 0) is 31.6 Å². The Morgan fingerprint density at radius 2 is 2.27 bits per heavy atom. The van der Waals surface area contributed by atoms with Crippen molar-refractivity contribution in [3.8, 4) is 0 Å². The van der Waals surface area contributed by atoms with E-state index in [1.807, 2.05) is 6.08 Å². The summed E-state index contributed by atoms with van der Waals surface area (Å²) < 4.78 is 12.9. The van der Waals surface area contributed by atoms with Gasteiger partial charge in [0, 0.05) is 0 Å². The number of aliphatic hydroxyl groups is 1. The first kappa shape index (κ1) is 8.72. The Hall–Kier alpha value is -0.370. The lowest BCUT2D eigenvalue weighted by molar-refractivity contribution is 0.0251. The van der Waals surface area contributed by atoms with Crippen LogP contribution in [0.3, 0.4) is 0 Å². The first-order valence-electron chi connectivity index (χ1n) is 4.17. The summed E-state index contributed by atoms with van der Waals surface area (Å²) in [6, 6.07) is 0. The zero-order chi connectivity index (χ0) is 8.27. The van der Waals surface area contributed by atoms with Gasteiger partial charge in [-0.2, -0.15) is 0 Å². The van der Waals surface area contributed by atoms with Gasteiger partial charge in [-0.3, -0.25) is 0 Å². The topological polar surface area (TPSA) is 20.2 Å². The van der Waals surface area contributed by atoms with Gasteiger partial charge < -0.3 is 5.11 Å². The Morgan fingerprint density at radius 1 is 1.55 bits per heavy atom. The molecule has 0 radical (unpaired) electrons. The molecule has 64 valence electrons. The summed E-state index contributed by atoms with van der Waals surface area (Å²) in [5.74, 6) is 0.408. The highest BCUT2D eigenvalue weighted by Crippen LogP contribution is 2.28. The maximum Gasteiger partial charge on any atom is 0.126 e. The highest BCUT2D eigenvalue weighted by Gasteiger charge is 2.27. The molecule has 0 heterocycles. The molecule has 2 heteroatoms. The molecule has 0 aliphatic heterocycles. The molecule has 0 amide bonds. The van der Waals surface area contributed by atoms with Crippen molar-refractivity contribution in [1.82, 2.24) is 0 Å². The van der Waals surface area contributed by atoms with Crippen molar-refractivity contribution in [2.45, 2.75) is 38.0 Å². The number of alkyl halides is 1. The number of aliphatic hydroxyl groups excluding tert-OH is 1. The molecule has 1 saturated carbocycles. The van der Waals surface area contributed by atoms with Crippen molar-refractivity contribution in [3.05, 3.63) is 12.7 Å². The van der Waals surface area contributed by atoms with E-state index >= 15 is 0 Å². The highest BCUT2D eigenvalue weighted by atomic mass is 19.1. The number of hydrogen-bond acceptors (Lipinski definition) is 1. The Labute approximate surface area is 66.9 Å². The Morgan fingerprint density at radius 3 is 2.82 bits per heavy atom. The van der Waals surface area contributed by atoms with Crippen LogP contribution in [-0.2, 0) is 0 Å². The van der Waals surface area contributed by atoms with Gasteiger partial charge in [-0.25, -0.2) is 4.39 Å². The molecule has 0 aromatic rings. The minimum atomic E-state index is -1.01. The molecule has 1 aliphatic carbocycles. The van der Waals surface area contributed by atoms with Gasteiger partial charge in [0.1, 0.15) is 6.17 Å². The summed E-state index contributed by atoms with van der Waals surface area (Å²) in [4.78, 5) is 0. The summed E-state index contributed by atoms with van der Waals surface area (Å²) in [6.45, 7) is 3.61. The van der Waals surface area contributed by atoms with Gasteiger partial charge in [-0.15, -0.1) is 6.58 Å². The molecule has 1 rings (SSSR count). The quantitative estimate of drug-likeness (QED) is 0.610. The standard InChI is InChI=1S/C9H15FO/c1-2-3-7-4-5-9(11)8(10)6-7/h2,7-9,11H,1,3-6H2. The van der Waals surface area contributed by atoms with Crippen molar-refractivity contribution < 1.29 is 9.50 Å². The molecule has 1 aliphatic rings. The molecule has 0 bridgehead atoms. The maximum atomic E-state index is 12.9. The Kier molecular flexibility index (Phi) is 3.06. The third-order valence-corrected chi connectivity index (χ3v) is 2.35. The van der Waals surface area contributed by atoms with E-state index in [0.717, 1.165) is 12.8 Å². The molecule has 0 saturated heterocycles. The Bertz CT molecular complexity index is 136. The van der Waals surface area contributed by atoms with Crippen molar-refractivity contribution in [1.29, 1.82) is 0 Å². The van der Waals surface area contributed by atoms with Crippen LogP contribution in [0.4, 0.5) is 4.39 Å². The molecule has 3 unspecified atom stereocenters. The lowest BCUT2D eigenvalue weighted by Crippen LogP contribution is -2.30. The minimum absolute atomic E-state index is 0.408. The van der Waals surface area contributed by atoms with Crippen LogP contribution in [0, 0.1) is 5.92 Å². The summed E-state index contributed by atoms with van der Waals surface area (Å²) in [5.41, 5.74) is 0. The van der Waals surface area contributed by atoms with E-state index in [0.29, 0.717) is 18.8 Å². The average Bonchev–Trinajstić information content (AvgIpc) is 1.98.